The van der Waals surface area contributed by atoms with Gasteiger partial charge < -0.3 is 10.4 Å². The minimum atomic E-state index is -0.886. The van der Waals surface area contributed by atoms with Gasteiger partial charge in [0.25, 0.3) is 0 Å². The van der Waals surface area contributed by atoms with Crippen LogP contribution in [0.3, 0.4) is 0 Å². The fourth-order valence-electron chi connectivity index (χ4n) is 1.84. The predicted octanol–water partition coefficient (Wildman–Crippen LogP) is 0.237. The summed E-state index contributed by atoms with van der Waals surface area (Å²) in [5, 5.41) is 11.4. The van der Waals surface area contributed by atoms with Crippen LogP contribution in [0.4, 0.5) is 0 Å². The summed E-state index contributed by atoms with van der Waals surface area (Å²) in [6.07, 6.45) is 7.02. The molecule has 14 heavy (non-hydrogen) atoms. The maximum absolute atomic E-state index is 11.4. The van der Waals surface area contributed by atoms with Gasteiger partial charge >= 0.3 is 5.97 Å². The van der Waals surface area contributed by atoms with Crippen LogP contribution in [0.5, 0.6) is 0 Å². The fourth-order valence-corrected chi connectivity index (χ4v) is 1.84. The summed E-state index contributed by atoms with van der Waals surface area (Å²) in [6.45, 7) is 0.168. The molecule has 76 valence electrons. The quantitative estimate of drug-likeness (QED) is 0.634. The molecule has 2 N–H and O–H groups in total. The Bertz CT molecular complexity index is 280. The number of terminal acetylenes is 1. The Balaban J connectivity index is 2.54. The third-order valence-electron chi connectivity index (χ3n) is 2.53. The summed E-state index contributed by atoms with van der Waals surface area (Å²) in [5.41, 5.74) is 0. The van der Waals surface area contributed by atoms with Crippen molar-refractivity contribution in [1.82, 2.24) is 5.32 Å². The number of carbonyl (C=O) groups is 2. The van der Waals surface area contributed by atoms with Crippen LogP contribution in [0, 0.1) is 24.2 Å². The lowest BCUT2D eigenvalue weighted by Gasteiger charge is -2.14. The van der Waals surface area contributed by atoms with Crippen LogP contribution < -0.4 is 5.32 Å². The molecule has 0 aliphatic heterocycles. The van der Waals surface area contributed by atoms with E-state index in [0.29, 0.717) is 12.8 Å². The summed E-state index contributed by atoms with van der Waals surface area (Å²) < 4.78 is 0. The topological polar surface area (TPSA) is 66.4 Å². The Morgan fingerprint density at radius 3 is 2.64 bits per heavy atom. The monoisotopic (exact) mass is 195 g/mol. The van der Waals surface area contributed by atoms with Gasteiger partial charge in [-0.25, -0.2) is 0 Å². The van der Waals surface area contributed by atoms with Crippen LogP contribution >= 0.6 is 0 Å². The second kappa shape index (κ2) is 4.66. The number of carboxylic acid groups (broad SMARTS) is 1. The normalized spacial score (nSPS) is 25.4. The average Bonchev–Trinajstić information content (AvgIpc) is 2.62. The molecule has 0 aromatic carbocycles. The fraction of sp³-hybridized carbons (Fsp3) is 0.600. The smallest absolute Gasteiger partial charge is 0.307 e. The van der Waals surface area contributed by atoms with Gasteiger partial charge in [0, 0.05) is 0 Å². The molecule has 0 radical (unpaired) electrons. The SMILES string of the molecule is C#CCNC(=O)C1CCCC1C(=O)O. The highest BCUT2D eigenvalue weighted by Crippen LogP contribution is 2.31. The highest BCUT2D eigenvalue weighted by molar-refractivity contribution is 5.85. The van der Waals surface area contributed by atoms with Gasteiger partial charge in [-0.3, -0.25) is 9.59 Å². The van der Waals surface area contributed by atoms with Crippen LogP contribution in [-0.4, -0.2) is 23.5 Å². The Labute approximate surface area is 82.7 Å². The molecule has 1 rings (SSSR count). The van der Waals surface area contributed by atoms with Gasteiger partial charge in [0.1, 0.15) is 0 Å². The van der Waals surface area contributed by atoms with E-state index < -0.39 is 17.8 Å². The van der Waals surface area contributed by atoms with E-state index in [0.717, 1.165) is 6.42 Å². The molecule has 0 heterocycles. The highest BCUT2D eigenvalue weighted by atomic mass is 16.4. The first-order valence-electron chi connectivity index (χ1n) is 4.60. The Morgan fingerprint density at radius 1 is 1.43 bits per heavy atom. The summed E-state index contributed by atoms with van der Waals surface area (Å²) in [4.78, 5) is 22.2. The minimum Gasteiger partial charge on any atom is -0.481 e. The molecule has 0 saturated heterocycles. The first-order valence-corrected chi connectivity index (χ1v) is 4.60. The maximum atomic E-state index is 11.4. The number of aliphatic carboxylic acids is 1. The maximum Gasteiger partial charge on any atom is 0.307 e. The second-order valence-corrected chi connectivity index (χ2v) is 3.40. The van der Waals surface area contributed by atoms with Gasteiger partial charge in [-0.15, -0.1) is 6.42 Å². The lowest BCUT2D eigenvalue weighted by molar-refractivity contribution is -0.146. The van der Waals surface area contributed by atoms with Crippen molar-refractivity contribution < 1.29 is 14.7 Å². The zero-order valence-electron chi connectivity index (χ0n) is 7.82. The van der Waals surface area contributed by atoms with Crippen LogP contribution in [0.25, 0.3) is 0 Å². The third-order valence-corrected chi connectivity index (χ3v) is 2.53. The van der Waals surface area contributed by atoms with Crippen molar-refractivity contribution in [2.75, 3.05) is 6.54 Å². The molecule has 2 atom stereocenters. The van der Waals surface area contributed by atoms with Gasteiger partial charge in [-0.1, -0.05) is 12.3 Å². The Morgan fingerprint density at radius 2 is 2.07 bits per heavy atom. The first kappa shape index (κ1) is 10.6. The number of carboxylic acids is 1. The van der Waals surface area contributed by atoms with Crippen LogP contribution in [0.15, 0.2) is 0 Å². The zero-order valence-corrected chi connectivity index (χ0v) is 7.82. The van der Waals surface area contributed by atoms with Gasteiger partial charge in [0.15, 0.2) is 0 Å². The van der Waals surface area contributed by atoms with Crippen molar-refractivity contribution in [2.24, 2.45) is 11.8 Å². The van der Waals surface area contributed by atoms with E-state index in [1.165, 1.54) is 0 Å². The molecule has 1 fully saturated rings. The number of rotatable bonds is 3. The number of hydrogen-bond acceptors (Lipinski definition) is 2. The van der Waals surface area contributed by atoms with E-state index in [2.05, 4.69) is 11.2 Å². The number of nitrogens with one attached hydrogen (secondary N) is 1. The molecule has 1 saturated carbocycles. The summed E-state index contributed by atoms with van der Waals surface area (Å²) in [6, 6.07) is 0. The Kier molecular flexibility index (Phi) is 3.52. The van der Waals surface area contributed by atoms with E-state index in [1.807, 2.05) is 0 Å². The van der Waals surface area contributed by atoms with Crippen molar-refractivity contribution >= 4 is 11.9 Å². The molecule has 2 unspecified atom stereocenters. The van der Waals surface area contributed by atoms with Crippen LogP contribution in [0.2, 0.25) is 0 Å². The van der Waals surface area contributed by atoms with E-state index in [4.69, 9.17) is 11.5 Å². The van der Waals surface area contributed by atoms with Gasteiger partial charge in [0.2, 0.25) is 5.91 Å². The van der Waals surface area contributed by atoms with Crippen molar-refractivity contribution in [1.29, 1.82) is 0 Å². The van der Waals surface area contributed by atoms with Crippen molar-refractivity contribution in [2.45, 2.75) is 19.3 Å². The minimum absolute atomic E-state index is 0.168. The zero-order chi connectivity index (χ0) is 10.6. The van der Waals surface area contributed by atoms with Gasteiger partial charge in [-0.05, 0) is 12.8 Å². The number of carbonyl (C=O) groups excluding carboxylic acids is 1. The second-order valence-electron chi connectivity index (χ2n) is 3.40. The standard InChI is InChI=1S/C10H13NO3/c1-2-6-11-9(12)7-4-3-5-8(7)10(13)14/h1,7-8H,3-6H2,(H,11,12)(H,13,14). The molecule has 0 aromatic heterocycles. The molecule has 0 aromatic rings. The molecular formula is C10H13NO3. The average molecular weight is 195 g/mol. The van der Waals surface area contributed by atoms with Crippen LogP contribution in [-0.2, 0) is 9.59 Å². The van der Waals surface area contributed by atoms with E-state index >= 15 is 0 Å². The summed E-state index contributed by atoms with van der Waals surface area (Å²) >= 11 is 0. The number of amides is 1. The molecule has 0 spiro atoms. The molecule has 1 amide bonds. The van der Waals surface area contributed by atoms with Crippen molar-refractivity contribution in [3.63, 3.8) is 0 Å². The number of hydrogen-bond donors (Lipinski definition) is 2. The van der Waals surface area contributed by atoms with E-state index in [9.17, 15) is 9.59 Å². The third kappa shape index (κ3) is 2.25. The lowest BCUT2D eigenvalue weighted by Crippen LogP contribution is -2.35. The molecule has 1 aliphatic rings. The van der Waals surface area contributed by atoms with Crippen LogP contribution in [0.1, 0.15) is 19.3 Å². The first-order chi connectivity index (χ1) is 6.66. The molecular weight excluding hydrogens is 182 g/mol. The van der Waals surface area contributed by atoms with E-state index in [-0.39, 0.29) is 12.5 Å². The Hall–Kier alpha value is -1.50. The molecule has 0 bridgehead atoms. The summed E-state index contributed by atoms with van der Waals surface area (Å²) in [5.74, 6) is 0.236. The predicted molar refractivity (Wildman–Crippen MR) is 50.3 cm³/mol. The van der Waals surface area contributed by atoms with Crippen molar-refractivity contribution in [3.05, 3.63) is 0 Å². The largest absolute Gasteiger partial charge is 0.481 e. The highest BCUT2D eigenvalue weighted by Gasteiger charge is 2.37. The molecule has 4 nitrogen and oxygen atoms in total. The summed E-state index contributed by atoms with van der Waals surface area (Å²) in [7, 11) is 0. The van der Waals surface area contributed by atoms with Gasteiger partial charge in [-0.2, -0.15) is 0 Å². The van der Waals surface area contributed by atoms with Gasteiger partial charge in [0.05, 0.1) is 18.4 Å². The molecule has 1 aliphatic carbocycles. The van der Waals surface area contributed by atoms with Crippen molar-refractivity contribution in [3.8, 4) is 12.3 Å². The lowest BCUT2D eigenvalue weighted by atomic mass is 9.95. The van der Waals surface area contributed by atoms with E-state index in [1.54, 1.807) is 0 Å². The molecule has 4 heteroatoms.